The van der Waals surface area contributed by atoms with Crippen LogP contribution in [-0.2, 0) is 11.3 Å². The molecule has 0 unspecified atom stereocenters. The summed E-state index contributed by atoms with van der Waals surface area (Å²) < 4.78 is 5.73. The summed E-state index contributed by atoms with van der Waals surface area (Å²) in [4.78, 5) is 23.1. The monoisotopic (exact) mass is 363 g/mol. The maximum absolute atomic E-state index is 11.9. The van der Waals surface area contributed by atoms with Crippen LogP contribution in [0.1, 0.15) is 21.5 Å². The van der Waals surface area contributed by atoms with Gasteiger partial charge in [0.05, 0.1) is 11.3 Å². The van der Waals surface area contributed by atoms with Crippen molar-refractivity contribution in [3.63, 3.8) is 0 Å². The largest absolute Gasteiger partial charge is 0.478 e. The van der Waals surface area contributed by atoms with Gasteiger partial charge < -0.3 is 9.84 Å². The molecular formula is C16H14BrNO4. The fourth-order valence-electron chi connectivity index (χ4n) is 1.94. The van der Waals surface area contributed by atoms with Gasteiger partial charge >= 0.3 is 12.1 Å². The van der Waals surface area contributed by atoms with Crippen molar-refractivity contribution >= 4 is 33.7 Å². The molecule has 2 rings (SSSR count). The molecule has 0 radical (unpaired) electrons. The number of carboxylic acid groups (broad SMARTS) is 1. The van der Waals surface area contributed by atoms with Crippen molar-refractivity contribution in [2.45, 2.75) is 13.5 Å². The number of anilines is 1. The zero-order valence-electron chi connectivity index (χ0n) is 11.8. The highest BCUT2D eigenvalue weighted by Gasteiger charge is 2.16. The van der Waals surface area contributed by atoms with Gasteiger partial charge in [0.25, 0.3) is 0 Å². The van der Waals surface area contributed by atoms with Gasteiger partial charge in [0, 0.05) is 4.47 Å². The highest BCUT2D eigenvalue weighted by molar-refractivity contribution is 9.10. The summed E-state index contributed by atoms with van der Waals surface area (Å²) in [5.41, 5.74) is 1.71. The maximum atomic E-state index is 11.9. The average molecular weight is 364 g/mol. The summed E-state index contributed by atoms with van der Waals surface area (Å²) in [5, 5.41) is 11.7. The van der Waals surface area contributed by atoms with E-state index >= 15 is 0 Å². The van der Waals surface area contributed by atoms with Gasteiger partial charge in [0.1, 0.15) is 6.61 Å². The average Bonchev–Trinajstić information content (AvgIpc) is 2.48. The van der Waals surface area contributed by atoms with Crippen LogP contribution in [0.5, 0.6) is 0 Å². The molecule has 5 nitrogen and oxygen atoms in total. The fourth-order valence-corrected chi connectivity index (χ4v) is 2.51. The number of benzene rings is 2. The van der Waals surface area contributed by atoms with Crippen LogP contribution in [0.15, 0.2) is 46.9 Å². The second-order valence-electron chi connectivity index (χ2n) is 4.64. The third-order valence-corrected chi connectivity index (χ3v) is 3.43. The molecule has 0 heterocycles. The number of carbonyl (C=O) groups is 2. The van der Waals surface area contributed by atoms with Gasteiger partial charge in [-0.05, 0) is 30.2 Å². The quantitative estimate of drug-likeness (QED) is 0.853. The Bertz CT molecular complexity index is 701. The number of rotatable bonds is 4. The first-order valence-electron chi connectivity index (χ1n) is 6.48. The highest BCUT2D eigenvalue weighted by Crippen LogP contribution is 2.26. The molecule has 114 valence electrons. The van der Waals surface area contributed by atoms with Gasteiger partial charge in [-0.2, -0.15) is 0 Å². The van der Waals surface area contributed by atoms with Gasteiger partial charge in [-0.3, -0.25) is 5.32 Å². The number of halogens is 1. The normalized spacial score (nSPS) is 10.1. The molecule has 6 heteroatoms. The Balaban J connectivity index is 2.10. The minimum Gasteiger partial charge on any atom is -0.478 e. The Labute approximate surface area is 136 Å². The van der Waals surface area contributed by atoms with Crippen LogP contribution < -0.4 is 5.32 Å². The van der Waals surface area contributed by atoms with Gasteiger partial charge in [-0.25, -0.2) is 9.59 Å². The Hall–Kier alpha value is -2.34. The molecule has 2 aromatic carbocycles. The summed E-state index contributed by atoms with van der Waals surface area (Å²) in [6.45, 7) is 1.83. The van der Waals surface area contributed by atoms with E-state index in [-0.39, 0.29) is 17.9 Å². The number of amides is 1. The van der Waals surface area contributed by atoms with E-state index in [1.54, 1.807) is 13.0 Å². The summed E-state index contributed by atoms with van der Waals surface area (Å²) in [6, 6.07) is 12.4. The van der Waals surface area contributed by atoms with Crippen LogP contribution in [0.25, 0.3) is 0 Å². The van der Waals surface area contributed by atoms with Gasteiger partial charge in [-0.15, -0.1) is 0 Å². The standard InChI is InChI=1S/C16H14BrNO4/c1-10-7-12(17)8-13(15(19)20)14(10)18-16(21)22-9-11-5-3-2-4-6-11/h2-8H,9H2,1H3,(H,18,21)(H,19,20). The lowest BCUT2D eigenvalue weighted by molar-refractivity contribution is 0.0698. The minimum atomic E-state index is -1.12. The summed E-state index contributed by atoms with van der Waals surface area (Å²) in [6.07, 6.45) is -0.697. The molecule has 0 spiro atoms. The van der Waals surface area contributed by atoms with Crippen LogP contribution in [0.2, 0.25) is 0 Å². The molecule has 1 amide bonds. The Morgan fingerprint density at radius 2 is 1.91 bits per heavy atom. The third kappa shape index (κ3) is 4.08. The zero-order chi connectivity index (χ0) is 16.1. The molecule has 0 saturated heterocycles. The van der Waals surface area contributed by atoms with Crippen molar-refractivity contribution in [3.05, 3.63) is 63.6 Å². The summed E-state index contributed by atoms with van der Waals surface area (Å²) in [7, 11) is 0. The molecule has 0 bridgehead atoms. The van der Waals surface area contributed by atoms with E-state index in [1.807, 2.05) is 30.3 Å². The second-order valence-corrected chi connectivity index (χ2v) is 5.55. The van der Waals surface area contributed by atoms with Crippen molar-refractivity contribution in [2.24, 2.45) is 0 Å². The molecule has 0 atom stereocenters. The summed E-state index contributed by atoms with van der Waals surface area (Å²) >= 11 is 3.24. The third-order valence-electron chi connectivity index (χ3n) is 2.97. The van der Waals surface area contributed by atoms with Gasteiger partial charge in [-0.1, -0.05) is 46.3 Å². The first-order valence-corrected chi connectivity index (χ1v) is 7.28. The molecule has 0 saturated carbocycles. The molecule has 22 heavy (non-hydrogen) atoms. The van der Waals surface area contributed by atoms with Crippen molar-refractivity contribution in [3.8, 4) is 0 Å². The van der Waals surface area contributed by atoms with Crippen LogP contribution in [-0.4, -0.2) is 17.2 Å². The predicted octanol–water partition coefficient (Wildman–Crippen LogP) is 4.20. The predicted molar refractivity (Wildman–Crippen MR) is 86.1 cm³/mol. The highest BCUT2D eigenvalue weighted by atomic mass is 79.9. The smallest absolute Gasteiger partial charge is 0.411 e. The lowest BCUT2D eigenvalue weighted by atomic mass is 10.1. The van der Waals surface area contributed by atoms with E-state index in [0.717, 1.165) is 5.56 Å². The fraction of sp³-hybridized carbons (Fsp3) is 0.125. The Kier molecular flexibility index (Phi) is 5.16. The molecular weight excluding hydrogens is 350 g/mol. The molecule has 0 aliphatic heterocycles. The van der Waals surface area contributed by atoms with Gasteiger partial charge in [0.2, 0.25) is 0 Å². The topological polar surface area (TPSA) is 75.6 Å². The SMILES string of the molecule is Cc1cc(Br)cc(C(=O)O)c1NC(=O)OCc1ccccc1. The van der Waals surface area contributed by atoms with Crippen molar-refractivity contribution < 1.29 is 19.4 Å². The first kappa shape index (κ1) is 16.0. The van der Waals surface area contributed by atoms with Crippen LogP contribution >= 0.6 is 15.9 Å². The van der Waals surface area contributed by atoms with Crippen molar-refractivity contribution in [1.82, 2.24) is 0 Å². The first-order chi connectivity index (χ1) is 10.5. The lowest BCUT2D eigenvalue weighted by Gasteiger charge is -2.12. The van der Waals surface area contributed by atoms with E-state index in [2.05, 4.69) is 21.2 Å². The molecule has 2 N–H and O–H groups in total. The number of aromatic carboxylic acids is 1. The summed E-state index contributed by atoms with van der Waals surface area (Å²) in [5.74, 6) is -1.12. The molecule has 0 aliphatic rings. The van der Waals surface area contributed by atoms with E-state index in [1.165, 1.54) is 6.07 Å². The minimum absolute atomic E-state index is 0.00327. The van der Waals surface area contributed by atoms with E-state index < -0.39 is 12.1 Å². The number of aryl methyl sites for hydroxylation is 1. The lowest BCUT2D eigenvalue weighted by Crippen LogP contribution is -2.17. The zero-order valence-corrected chi connectivity index (χ0v) is 13.4. The number of hydrogen-bond acceptors (Lipinski definition) is 3. The molecule has 0 fully saturated rings. The number of nitrogens with one attached hydrogen (secondary N) is 1. The maximum Gasteiger partial charge on any atom is 0.411 e. The van der Waals surface area contributed by atoms with Crippen LogP contribution in [0.3, 0.4) is 0 Å². The van der Waals surface area contributed by atoms with Gasteiger partial charge in [0.15, 0.2) is 0 Å². The second kappa shape index (κ2) is 7.09. The van der Waals surface area contributed by atoms with E-state index in [9.17, 15) is 14.7 Å². The van der Waals surface area contributed by atoms with E-state index in [4.69, 9.17) is 4.74 Å². The van der Waals surface area contributed by atoms with E-state index in [0.29, 0.717) is 10.0 Å². The van der Waals surface area contributed by atoms with Crippen LogP contribution in [0, 0.1) is 6.92 Å². The molecule has 0 aromatic heterocycles. The number of carbonyl (C=O) groups excluding carboxylic acids is 1. The van der Waals surface area contributed by atoms with Crippen molar-refractivity contribution in [2.75, 3.05) is 5.32 Å². The van der Waals surface area contributed by atoms with Crippen LogP contribution in [0.4, 0.5) is 10.5 Å². The Morgan fingerprint density at radius 3 is 2.55 bits per heavy atom. The Morgan fingerprint density at radius 1 is 1.23 bits per heavy atom. The molecule has 2 aromatic rings. The number of ether oxygens (including phenoxy) is 1. The van der Waals surface area contributed by atoms with Crippen molar-refractivity contribution in [1.29, 1.82) is 0 Å². The molecule has 0 aliphatic carbocycles. The number of hydrogen-bond donors (Lipinski definition) is 2. The number of carboxylic acids is 1.